The first-order valence-corrected chi connectivity index (χ1v) is 10.3. The third-order valence-corrected chi connectivity index (χ3v) is 5.08. The van der Waals surface area contributed by atoms with Crippen LogP contribution in [0, 0.1) is 0 Å². The average molecular weight is 442 g/mol. The van der Waals surface area contributed by atoms with Crippen LogP contribution in [0.15, 0.2) is 85.1 Å². The lowest BCUT2D eigenvalue weighted by atomic mass is 10.0. The van der Waals surface area contributed by atoms with Gasteiger partial charge in [-0.25, -0.2) is 4.68 Å². The van der Waals surface area contributed by atoms with E-state index in [9.17, 15) is 14.7 Å². The van der Waals surface area contributed by atoms with Crippen molar-refractivity contribution in [1.82, 2.24) is 20.1 Å². The zero-order valence-corrected chi connectivity index (χ0v) is 17.9. The third kappa shape index (κ3) is 5.07. The molecule has 0 radical (unpaired) electrons. The number of carboxylic acids is 1. The molecule has 0 fully saturated rings. The molecule has 1 unspecified atom stereocenters. The van der Waals surface area contributed by atoms with Gasteiger partial charge in [-0.05, 0) is 29.8 Å². The Morgan fingerprint density at radius 3 is 2.39 bits per heavy atom. The van der Waals surface area contributed by atoms with Gasteiger partial charge in [0, 0.05) is 17.8 Å². The van der Waals surface area contributed by atoms with E-state index in [1.165, 1.54) is 17.9 Å². The number of pyridine rings is 1. The molecule has 0 aliphatic rings. The molecule has 4 aromatic rings. The van der Waals surface area contributed by atoms with E-state index in [0.29, 0.717) is 11.4 Å². The smallest absolute Gasteiger partial charge is 0.305 e. The normalized spacial score (nSPS) is 11.5. The number of hydrogen-bond acceptors (Lipinski definition) is 5. The molecule has 1 atom stereocenters. The number of carbonyl (C=O) groups excluding carboxylic acids is 1. The minimum Gasteiger partial charge on any atom is -0.481 e. The number of carboxylic acid groups (broad SMARTS) is 1. The Kier molecular flexibility index (Phi) is 6.45. The highest BCUT2D eigenvalue weighted by Crippen LogP contribution is 2.24. The van der Waals surface area contributed by atoms with E-state index in [4.69, 9.17) is 4.74 Å². The topological polar surface area (TPSA) is 106 Å². The minimum absolute atomic E-state index is 0.121. The number of nitrogens with zero attached hydrogens (tertiary/aromatic N) is 3. The molecule has 0 saturated heterocycles. The summed E-state index contributed by atoms with van der Waals surface area (Å²) in [5.41, 5.74) is 3.23. The molecule has 4 rings (SSSR count). The van der Waals surface area contributed by atoms with E-state index in [2.05, 4.69) is 15.4 Å². The molecule has 0 aliphatic heterocycles. The molecular weight excluding hydrogens is 420 g/mol. The molecule has 1 amide bonds. The van der Waals surface area contributed by atoms with Crippen molar-refractivity contribution in [2.24, 2.45) is 0 Å². The van der Waals surface area contributed by atoms with Crippen molar-refractivity contribution in [3.8, 4) is 22.8 Å². The Balaban J connectivity index is 1.57. The molecule has 33 heavy (non-hydrogen) atoms. The average Bonchev–Trinajstić information content (AvgIpc) is 3.29. The van der Waals surface area contributed by atoms with Crippen LogP contribution in [0.1, 0.15) is 28.5 Å². The molecule has 8 heteroatoms. The summed E-state index contributed by atoms with van der Waals surface area (Å²) >= 11 is 0. The molecule has 0 saturated carbocycles. The monoisotopic (exact) mass is 442 g/mol. The number of hydrogen-bond donors (Lipinski definition) is 2. The predicted molar refractivity (Wildman–Crippen MR) is 122 cm³/mol. The van der Waals surface area contributed by atoms with Gasteiger partial charge in [-0.3, -0.25) is 14.6 Å². The highest BCUT2D eigenvalue weighted by Gasteiger charge is 2.22. The SMILES string of the molecule is COc1cc(C(=O)NC(CC(=O)O)c2ccc(-c3ccccn3)cc2)nn1-c1ccccc1. The van der Waals surface area contributed by atoms with Crippen LogP contribution in [0.25, 0.3) is 16.9 Å². The number of benzene rings is 2. The standard InChI is InChI=1S/C25H22N4O4/c1-33-23-15-22(28-29(23)19-7-3-2-4-8-19)25(32)27-21(16-24(30)31)18-12-10-17(11-13-18)20-9-5-6-14-26-20/h2-15,21H,16H2,1H3,(H,27,32)(H,30,31). The number of amides is 1. The fourth-order valence-corrected chi connectivity index (χ4v) is 3.45. The van der Waals surface area contributed by atoms with E-state index in [1.807, 2.05) is 60.7 Å². The Hall–Kier alpha value is -4.46. The van der Waals surface area contributed by atoms with Crippen molar-refractivity contribution in [3.63, 3.8) is 0 Å². The molecular formula is C25H22N4O4. The van der Waals surface area contributed by atoms with Gasteiger partial charge in [0.2, 0.25) is 5.88 Å². The van der Waals surface area contributed by atoms with Crippen LogP contribution >= 0.6 is 0 Å². The molecule has 2 aromatic carbocycles. The van der Waals surface area contributed by atoms with Crippen molar-refractivity contribution in [2.75, 3.05) is 7.11 Å². The van der Waals surface area contributed by atoms with E-state index in [1.54, 1.807) is 18.3 Å². The summed E-state index contributed by atoms with van der Waals surface area (Å²) in [7, 11) is 1.49. The van der Waals surface area contributed by atoms with Gasteiger partial charge in [0.15, 0.2) is 5.69 Å². The van der Waals surface area contributed by atoms with Crippen LogP contribution in [-0.2, 0) is 4.79 Å². The Labute approximate surface area is 190 Å². The summed E-state index contributed by atoms with van der Waals surface area (Å²) < 4.78 is 6.88. The maximum atomic E-state index is 13.0. The lowest BCUT2D eigenvalue weighted by Crippen LogP contribution is -2.30. The second-order valence-corrected chi connectivity index (χ2v) is 7.28. The molecule has 0 spiro atoms. The number of carbonyl (C=O) groups is 2. The first-order valence-electron chi connectivity index (χ1n) is 10.3. The van der Waals surface area contributed by atoms with Gasteiger partial charge >= 0.3 is 5.97 Å². The number of nitrogens with one attached hydrogen (secondary N) is 1. The van der Waals surface area contributed by atoms with E-state index >= 15 is 0 Å². The number of para-hydroxylation sites is 1. The molecule has 2 heterocycles. The van der Waals surface area contributed by atoms with E-state index in [0.717, 1.165) is 16.9 Å². The lowest BCUT2D eigenvalue weighted by Gasteiger charge is -2.17. The molecule has 8 nitrogen and oxygen atoms in total. The van der Waals surface area contributed by atoms with Crippen molar-refractivity contribution < 1.29 is 19.4 Å². The fourth-order valence-electron chi connectivity index (χ4n) is 3.45. The molecule has 166 valence electrons. The number of rotatable bonds is 8. The molecule has 2 N–H and O–H groups in total. The van der Waals surface area contributed by atoms with Gasteiger partial charge in [-0.2, -0.15) is 5.10 Å². The summed E-state index contributed by atoms with van der Waals surface area (Å²) in [5.74, 6) is -1.13. The molecule has 0 bridgehead atoms. The van der Waals surface area contributed by atoms with Gasteiger partial charge in [0.05, 0.1) is 31.0 Å². The van der Waals surface area contributed by atoms with Crippen molar-refractivity contribution >= 4 is 11.9 Å². The fraction of sp³-hybridized carbons (Fsp3) is 0.120. The first kappa shape index (κ1) is 21.8. The van der Waals surface area contributed by atoms with Gasteiger partial charge < -0.3 is 15.2 Å². The summed E-state index contributed by atoms with van der Waals surface area (Å²) in [6.45, 7) is 0. The zero-order valence-electron chi connectivity index (χ0n) is 17.9. The largest absolute Gasteiger partial charge is 0.481 e. The van der Waals surface area contributed by atoms with Crippen molar-refractivity contribution in [3.05, 3.63) is 96.3 Å². The van der Waals surface area contributed by atoms with Crippen molar-refractivity contribution in [1.29, 1.82) is 0 Å². The summed E-state index contributed by atoms with van der Waals surface area (Å²) in [6, 6.07) is 23.0. The summed E-state index contributed by atoms with van der Waals surface area (Å²) in [6.07, 6.45) is 1.44. The van der Waals surface area contributed by atoms with Gasteiger partial charge in [0.1, 0.15) is 0 Å². The van der Waals surface area contributed by atoms with Crippen LogP contribution in [-0.4, -0.2) is 38.9 Å². The Morgan fingerprint density at radius 2 is 1.76 bits per heavy atom. The maximum Gasteiger partial charge on any atom is 0.305 e. The number of methoxy groups -OCH3 is 1. The van der Waals surface area contributed by atoms with Gasteiger partial charge in [-0.15, -0.1) is 0 Å². The van der Waals surface area contributed by atoms with Crippen LogP contribution in [0.5, 0.6) is 5.88 Å². The second-order valence-electron chi connectivity index (χ2n) is 7.28. The van der Waals surface area contributed by atoms with Crippen LogP contribution in [0.3, 0.4) is 0 Å². The first-order chi connectivity index (χ1) is 16.0. The predicted octanol–water partition coefficient (Wildman–Crippen LogP) is 3.89. The highest BCUT2D eigenvalue weighted by atomic mass is 16.5. The van der Waals surface area contributed by atoms with Crippen LogP contribution in [0.4, 0.5) is 0 Å². The maximum absolute atomic E-state index is 13.0. The van der Waals surface area contributed by atoms with Crippen LogP contribution in [0.2, 0.25) is 0 Å². The van der Waals surface area contributed by atoms with Gasteiger partial charge in [0.25, 0.3) is 5.91 Å². The van der Waals surface area contributed by atoms with Crippen LogP contribution < -0.4 is 10.1 Å². The highest BCUT2D eigenvalue weighted by molar-refractivity contribution is 5.93. The second kappa shape index (κ2) is 9.78. The van der Waals surface area contributed by atoms with Crippen molar-refractivity contribution in [2.45, 2.75) is 12.5 Å². The van der Waals surface area contributed by atoms with E-state index < -0.39 is 17.9 Å². The zero-order chi connectivity index (χ0) is 23.2. The van der Waals surface area contributed by atoms with E-state index in [-0.39, 0.29) is 12.1 Å². The molecule has 2 aromatic heterocycles. The lowest BCUT2D eigenvalue weighted by molar-refractivity contribution is -0.137. The summed E-state index contributed by atoms with van der Waals surface area (Å²) in [5, 5.41) is 16.5. The summed E-state index contributed by atoms with van der Waals surface area (Å²) in [4.78, 5) is 28.8. The minimum atomic E-state index is -1.03. The number of aliphatic carboxylic acids is 1. The third-order valence-electron chi connectivity index (χ3n) is 5.08. The number of aromatic nitrogens is 3. The Morgan fingerprint density at radius 1 is 1.03 bits per heavy atom. The quantitative estimate of drug-likeness (QED) is 0.429. The molecule has 0 aliphatic carbocycles. The number of ether oxygens (including phenoxy) is 1. The Bertz CT molecular complexity index is 1240. The van der Waals surface area contributed by atoms with Gasteiger partial charge in [-0.1, -0.05) is 48.5 Å².